The zero-order valence-electron chi connectivity index (χ0n) is 16.7. The normalized spacial score (nSPS) is 10.8. The van der Waals surface area contributed by atoms with E-state index < -0.39 is 0 Å². The quantitative estimate of drug-likeness (QED) is 0.250. The fourth-order valence-electron chi connectivity index (χ4n) is 3.03. The van der Waals surface area contributed by atoms with Gasteiger partial charge in [-0.2, -0.15) is 0 Å². The smallest absolute Gasteiger partial charge is 0.305 e. The standard InChI is InChI=1S/C22H36O3S/c1-3-4-9-12-19(23)15-16-21-18-17-20(26-21)13-10-7-5-6-8-11-14-22(24)25-2/h17-18H,3-16H2,1-2H3. The number of carbonyl (C=O) groups is 2. The summed E-state index contributed by atoms with van der Waals surface area (Å²) >= 11 is 1.88. The fraction of sp³-hybridized carbons (Fsp3) is 0.727. The van der Waals surface area contributed by atoms with Crippen molar-refractivity contribution in [3.05, 3.63) is 21.9 Å². The van der Waals surface area contributed by atoms with E-state index >= 15 is 0 Å². The number of hydrogen-bond acceptors (Lipinski definition) is 4. The zero-order chi connectivity index (χ0) is 19.0. The van der Waals surface area contributed by atoms with Crippen LogP contribution in [0, 0.1) is 0 Å². The van der Waals surface area contributed by atoms with E-state index in [1.165, 1.54) is 55.4 Å². The Labute approximate surface area is 163 Å². The van der Waals surface area contributed by atoms with Gasteiger partial charge in [0.25, 0.3) is 0 Å². The number of rotatable bonds is 16. The van der Waals surface area contributed by atoms with Gasteiger partial charge in [0.15, 0.2) is 0 Å². The summed E-state index contributed by atoms with van der Waals surface area (Å²) < 4.78 is 4.64. The van der Waals surface area contributed by atoms with Crippen molar-refractivity contribution in [3.8, 4) is 0 Å². The lowest BCUT2D eigenvalue weighted by Gasteiger charge is -2.01. The van der Waals surface area contributed by atoms with E-state index in [1.54, 1.807) is 0 Å². The molecule has 4 heteroatoms. The average molecular weight is 381 g/mol. The monoisotopic (exact) mass is 380 g/mol. The molecule has 1 aromatic rings. The van der Waals surface area contributed by atoms with Gasteiger partial charge in [-0.3, -0.25) is 9.59 Å². The van der Waals surface area contributed by atoms with Crippen molar-refractivity contribution >= 4 is 23.1 Å². The number of unbranched alkanes of at least 4 members (excludes halogenated alkanes) is 7. The van der Waals surface area contributed by atoms with Crippen molar-refractivity contribution in [2.45, 2.75) is 96.8 Å². The van der Waals surface area contributed by atoms with Gasteiger partial charge in [0, 0.05) is 29.0 Å². The van der Waals surface area contributed by atoms with Gasteiger partial charge >= 0.3 is 5.97 Å². The van der Waals surface area contributed by atoms with E-state index in [4.69, 9.17) is 0 Å². The minimum absolute atomic E-state index is 0.0961. The van der Waals surface area contributed by atoms with Crippen LogP contribution in [0.1, 0.15) is 93.7 Å². The predicted molar refractivity (Wildman–Crippen MR) is 110 cm³/mol. The summed E-state index contributed by atoms with van der Waals surface area (Å²) in [6.45, 7) is 2.17. The van der Waals surface area contributed by atoms with E-state index in [1.807, 2.05) is 11.3 Å². The Balaban J connectivity index is 2.03. The number of hydrogen-bond donors (Lipinski definition) is 0. The molecule has 0 aliphatic heterocycles. The van der Waals surface area contributed by atoms with Gasteiger partial charge in [-0.15, -0.1) is 11.3 Å². The highest BCUT2D eigenvalue weighted by atomic mass is 32.1. The molecule has 0 radical (unpaired) electrons. The van der Waals surface area contributed by atoms with Gasteiger partial charge in [-0.1, -0.05) is 45.4 Å². The molecule has 0 N–H and O–H groups in total. The van der Waals surface area contributed by atoms with Crippen LogP contribution in [0.15, 0.2) is 12.1 Å². The molecule has 26 heavy (non-hydrogen) atoms. The van der Waals surface area contributed by atoms with E-state index in [-0.39, 0.29) is 5.97 Å². The molecular weight excluding hydrogens is 344 g/mol. The number of thiophene rings is 1. The maximum Gasteiger partial charge on any atom is 0.305 e. The Hall–Kier alpha value is -1.16. The Morgan fingerprint density at radius 2 is 1.42 bits per heavy atom. The van der Waals surface area contributed by atoms with Crippen LogP contribution in [0.25, 0.3) is 0 Å². The summed E-state index contributed by atoms with van der Waals surface area (Å²) in [5.74, 6) is 0.321. The molecule has 0 unspecified atom stereocenters. The summed E-state index contributed by atoms with van der Waals surface area (Å²) in [5.41, 5.74) is 0. The molecule has 0 bridgehead atoms. The van der Waals surface area contributed by atoms with Gasteiger partial charge in [0.2, 0.25) is 0 Å². The predicted octanol–water partition coefficient (Wildman–Crippen LogP) is 6.28. The third kappa shape index (κ3) is 11.5. The van der Waals surface area contributed by atoms with Crippen LogP contribution < -0.4 is 0 Å². The second-order valence-corrected chi connectivity index (χ2v) is 8.31. The highest BCUT2D eigenvalue weighted by Gasteiger charge is 2.05. The van der Waals surface area contributed by atoms with Gasteiger partial charge in [0.05, 0.1) is 7.11 Å². The maximum absolute atomic E-state index is 11.9. The summed E-state index contributed by atoms with van der Waals surface area (Å²) in [7, 11) is 1.45. The number of esters is 1. The van der Waals surface area contributed by atoms with Gasteiger partial charge in [0.1, 0.15) is 5.78 Å². The molecule has 0 aliphatic carbocycles. The molecule has 0 fully saturated rings. The molecular formula is C22H36O3S. The number of aryl methyl sites for hydroxylation is 2. The molecule has 0 aromatic carbocycles. The molecule has 1 aromatic heterocycles. The Morgan fingerprint density at radius 1 is 0.808 bits per heavy atom. The third-order valence-electron chi connectivity index (χ3n) is 4.71. The van der Waals surface area contributed by atoms with Crippen LogP contribution in [0.4, 0.5) is 0 Å². The summed E-state index contributed by atoms with van der Waals surface area (Å²) in [4.78, 5) is 25.7. The third-order valence-corrected chi connectivity index (χ3v) is 5.91. The number of ketones is 1. The van der Waals surface area contributed by atoms with Crippen molar-refractivity contribution in [1.82, 2.24) is 0 Å². The van der Waals surface area contributed by atoms with Crippen LogP contribution >= 0.6 is 11.3 Å². The lowest BCUT2D eigenvalue weighted by molar-refractivity contribution is -0.140. The van der Waals surface area contributed by atoms with Crippen LogP contribution in [0.2, 0.25) is 0 Å². The van der Waals surface area contributed by atoms with Crippen LogP contribution in [-0.2, 0) is 27.2 Å². The van der Waals surface area contributed by atoms with E-state index in [0.717, 1.165) is 38.5 Å². The molecule has 0 amide bonds. The summed E-state index contributed by atoms with van der Waals surface area (Å²) in [6, 6.07) is 4.43. The van der Waals surface area contributed by atoms with Gasteiger partial charge in [-0.05, 0) is 44.2 Å². The lowest BCUT2D eigenvalue weighted by Crippen LogP contribution is -1.99. The van der Waals surface area contributed by atoms with Crippen molar-refractivity contribution in [2.75, 3.05) is 7.11 Å². The number of Topliss-reactive ketones (excluding diaryl/α,β-unsaturated/α-hetero) is 1. The van der Waals surface area contributed by atoms with Gasteiger partial charge in [-0.25, -0.2) is 0 Å². The lowest BCUT2D eigenvalue weighted by atomic mass is 10.1. The first-order valence-corrected chi connectivity index (χ1v) is 11.1. The maximum atomic E-state index is 11.9. The van der Waals surface area contributed by atoms with Crippen LogP contribution in [0.3, 0.4) is 0 Å². The molecule has 1 heterocycles. The fourth-order valence-corrected chi connectivity index (χ4v) is 4.09. The number of carbonyl (C=O) groups excluding carboxylic acids is 2. The largest absolute Gasteiger partial charge is 0.469 e. The molecule has 3 nitrogen and oxygen atoms in total. The number of ether oxygens (including phenoxy) is 1. The first kappa shape index (κ1) is 22.9. The van der Waals surface area contributed by atoms with Crippen LogP contribution in [0.5, 0.6) is 0 Å². The molecule has 0 aliphatic rings. The van der Waals surface area contributed by atoms with Crippen LogP contribution in [-0.4, -0.2) is 18.9 Å². The topological polar surface area (TPSA) is 43.4 Å². The summed E-state index contributed by atoms with van der Waals surface area (Å²) in [6.07, 6.45) is 14.4. The Morgan fingerprint density at radius 3 is 2.12 bits per heavy atom. The molecule has 0 spiro atoms. The van der Waals surface area contributed by atoms with Gasteiger partial charge < -0.3 is 4.74 Å². The molecule has 148 valence electrons. The Bertz CT molecular complexity index is 507. The molecule has 0 saturated heterocycles. The second kappa shape index (κ2) is 15.0. The highest BCUT2D eigenvalue weighted by Crippen LogP contribution is 2.21. The minimum atomic E-state index is -0.0961. The number of methoxy groups -OCH3 is 1. The minimum Gasteiger partial charge on any atom is -0.469 e. The van der Waals surface area contributed by atoms with Crippen molar-refractivity contribution in [1.29, 1.82) is 0 Å². The molecule has 0 atom stereocenters. The second-order valence-electron chi connectivity index (χ2n) is 7.06. The SMILES string of the molecule is CCCCCC(=O)CCc1ccc(CCCCCCCCC(=O)OC)s1. The van der Waals surface area contributed by atoms with E-state index in [9.17, 15) is 9.59 Å². The molecule has 0 saturated carbocycles. The van der Waals surface area contributed by atoms with E-state index in [2.05, 4.69) is 23.8 Å². The summed E-state index contributed by atoms with van der Waals surface area (Å²) in [5, 5.41) is 0. The van der Waals surface area contributed by atoms with Crippen molar-refractivity contribution in [2.24, 2.45) is 0 Å². The van der Waals surface area contributed by atoms with E-state index in [0.29, 0.717) is 18.6 Å². The first-order chi connectivity index (χ1) is 12.7. The van der Waals surface area contributed by atoms with Crippen molar-refractivity contribution in [3.63, 3.8) is 0 Å². The van der Waals surface area contributed by atoms with Crippen molar-refractivity contribution < 1.29 is 14.3 Å². The molecule has 1 rings (SSSR count). The average Bonchev–Trinajstić information content (AvgIpc) is 3.10. The highest BCUT2D eigenvalue weighted by molar-refractivity contribution is 7.12. The first-order valence-electron chi connectivity index (χ1n) is 10.3. The zero-order valence-corrected chi connectivity index (χ0v) is 17.5. The Kier molecular flexibility index (Phi) is 13.2.